The van der Waals surface area contributed by atoms with Crippen LogP contribution in [0.5, 0.6) is 0 Å². The lowest BCUT2D eigenvalue weighted by Crippen LogP contribution is -2.39. The molecule has 29 heavy (non-hydrogen) atoms. The number of halogens is 1. The molecule has 0 spiro atoms. The molecule has 0 aromatic carbocycles. The van der Waals surface area contributed by atoms with Gasteiger partial charge in [-0.25, -0.2) is 4.98 Å². The summed E-state index contributed by atoms with van der Waals surface area (Å²) in [4.78, 5) is 45.1. The van der Waals surface area contributed by atoms with E-state index >= 15 is 0 Å². The molecule has 162 valence electrons. The van der Waals surface area contributed by atoms with Crippen LogP contribution in [-0.4, -0.2) is 56.8 Å². The fourth-order valence-corrected chi connectivity index (χ4v) is 2.15. The Bertz CT molecular complexity index is 898. The zero-order valence-electron chi connectivity index (χ0n) is 16.3. The van der Waals surface area contributed by atoms with E-state index in [1.165, 1.54) is 17.8 Å². The zero-order valence-corrected chi connectivity index (χ0v) is 17.1. The second kappa shape index (κ2) is 10.7. The number of nitrogens with zero attached hydrogens (tertiary/aromatic N) is 3. The summed E-state index contributed by atoms with van der Waals surface area (Å²) in [6.45, 7) is 4.44. The van der Waals surface area contributed by atoms with Crippen molar-refractivity contribution in [2.75, 3.05) is 18.9 Å². The highest BCUT2D eigenvalue weighted by atomic mass is 35.5. The van der Waals surface area contributed by atoms with Gasteiger partial charge in [0.25, 0.3) is 5.56 Å². The fourth-order valence-electron chi connectivity index (χ4n) is 2.15. The van der Waals surface area contributed by atoms with Crippen LogP contribution in [0.25, 0.3) is 11.2 Å². The lowest BCUT2D eigenvalue weighted by atomic mass is 10.1. The second-order valence-electron chi connectivity index (χ2n) is 6.46. The van der Waals surface area contributed by atoms with Crippen LogP contribution in [0.4, 0.5) is 5.95 Å². The molecular formula is C16H25ClN6O6. The van der Waals surface area contributed by atoms with E-state index in [4.69, 9.17) is 25.7 Å². The van der Waals surface area contributed by atoms with E-state index in [2.05, 4.69) is 15.0 Å². The monoisotopic (exact) mass is 432 g/mol. The first-order valence-corrected chi connectivity index (χ1v) is 8.56. The number of esters is 2. The highest BCUT2D eigenvalue weighted by Gasteiger charge is 2.22. The number of carbonyl (C=O) groups excluding carboxylic acids is 2. The maximum absolute atomic E-state index is 11.9. The van der Waals surface area contributed by atoms with Gasteiger partial charge in [-0.2, -0.15) is 4.98 Å². The van der Waals surface area contributed by atoms with Gasteiger partial charge in [0.05, 0.1) is 6.33 Å². The van der Waals surface area contributed by atoms with Crippen molar-refractivity contribution in [3.8, 4) is 0 Å². The Morgan fingerprint density at radius 1 is 1.28 bits per heavy atom. The molecule has 12 nitrogen and oxygen atoms in total. The molecule has 1 unspecified atom stereocenters. The molecule has 2 heterocycles. The van der Waals surface area contributed by atoms with Crippen molar-refractivity contribution in [3.63, 3.8) is 0 Å². The van der Waals surface area contributed by atoms with E-state index in [9.17, 15) is 14.4 Å². The van der Waals surface area contributed by atoms with E-state index < -0.39 is 29.6 Å². The number of hydrogen-bond donors (Lipinski definition) is 3. The number of imidazole rings is 1. The van der Waals surface area contributed by atoms with Crippen LogP contribution in [0.15, 0.2) is 11.1 Å². The predicted octanol–water partition coefficient (Wildman–Crippen LogP) is -0.444. The standard InChI is InChI=1S/C16H24N6O6.ClH/c1-8(2)11(17)15(25)27-5-10(4-26-9(3)23)28-7-22-6-19-12-13(22)20-16(18)21-14(12)24;/h6,8,10-11H,4-5,7,17H2,1-3H3,(H3,18,20,21,24);1H/t10?,11-;/m0./s1. The van der Waals surface area contributed by atoms with Crippen molar-refractivity contribution in [3.05, 3.63) is 16.7 Å². The largest absolute Gasteiger partial charge is 0.463 e. The minimum absolute atomic E-state index is 0. The van der Waals surface area contributed by atoms with Crippen molar-refractivity contribution in [1.82, 2.24) is 19.5 Å². The lowest BCUT2D eigenvalue weighted by molar-refractivity contribution is -0.157. The average molecular weight is 433 g/mol. The van der Waals surface area contributed by atoms with E-state index in [0.29, 0.717) is 0 Å². The molecule has 0 amide bonds. The summed E-state index contributed by atoms with van der Waals surface area (Å²) >= 11 is 0. The second-order valence-corrected chi connectivity index (χ2v) is 6.46. The van der Waals surface area contributed by atoms with Gasteiger partial charge in [0, 0.05) is 6.92 Å². The number of nitrogens with one attached hydrogen (secondary N) is 1. The maximum atomic E-state index is 11.9. The number of aromatic amines is 1. The van der Waals surface area contributed by atoms with Crippen LogP contribution in [0.3, 0.4) is 0 Å². The van der Waals surface area contributed by atoms with E-state index in [1.54, 1.807) is 13.8 Å². The molecule has 0 fully saturated rings. The van der Waals surface area contributed by atoms with Gasteiger partial charge in [-0.05, 0) is 5.92 Å². The minimum Gasteiger partial charge on any atom is -0.463 e. The summed E-state index contributed by atoms with van der Waals surface area (Å²) < 4.78 is 17.2. The molecule has 0 radical (unpaired) electrons. The number of aromatic nitrogens is 4. The van der Waals surface area contributed by atoms with Crippen LogP contribution in [0, 0.1) is 5.92 Å². The Kier molecular flexibility index (Phi) is 9.01. The third-order valence-electron chi connectivity index (χ3n) is 3.82. The fraction of sp³-hybridized carbons (Fsp3) is 0.562. The van der Waals surface area contributed by atoms with Crippen molar-refractivity contribution in [2.24, 2.45) is 11.7 Å². The van der Waals surface area contributed by atoms with E-state index in [1.807, 2.05) is 0 Å². The van der Waals surface area contributed by atoms with E-state index in [0.717, 1.165) is 0 Å². The number of carbonyl (C=O) groups is 2. The van der Waals surface area contributed by atoms with Crippen molar-refractivity contribution >= 4 is 41.5 Å². The van der Waals surface area contributed by atoms with Gasteiger partial charge in [0.15, 0.2) is 11.2 Å². The molecular weight excluding hydrogens is 408 g/mol. The third-order valence-corrected chi connectivity index (χ3v) is 3.82. The molecule has 2 atom stereocenters. The Labute approximate surface area is 172 Å². The Morgan fingerprint density at radius 3 is 2.55 bits per heavy atom. The number of H-pyrrole nitrogens is 1. The number of rotatable bonds is 9. The van der Waals surface area contributed by atoms with Crippen LogP contribution < -0.4 is 17.0 Å². The van der Waals surface area contributed by atoms with Crippen LogP contribution in [0.2, 0.25) is 0 Å². The van der Waals surface area contributed by atoms with Crippen LogP contribution in [-0.2, 0) is 30.5 Å². The molecule has 2 aromatic heterocycles. The Hall–Kier alpha value is -2.70. The van der Waals surface area contributed by atoms with Crippen molar-refractivity contribution in [2.45, 2.75) is 39.6 Å². The quantitative estimate of drug-likeness (QED) is 0.439. The molecule has 13 heteroatoms. The number of anilines is 1. The van der Waals surface area contributed by atoms with E-state index in [-0.39, 0.29) is 55.4 Å². The number of nitrogens with two attached hydrogens (primary N) is 2. The molecule has 0 aliphatic heterocycles. The van der Waals surface area contributed by atoms with Gasteiger partial charge >= 0.3 is 11.9 Å². The summed E-state index contributed by atoms with van der Waals surface area (Å²) in [5.41, 5.74) is 11.1. The summed E-state index contributed by atoms with van der Waals surface area (Å²) in [6.07, 6.45) is 0.597. The van der Waals surface area contributed by atoms with Gasteiger partial charge in [-0.15, -0.1) is 12.4 Å². The van der Waals surface area contributed by atoms with Crippen molar-refractivity contribution in [1.29, 1.82) is 0 Å². The number of ether oxygens (including phenoxy) is 3. The average Bonchev–Trinajstić information content (AvgIpc) is 3.02. The third kappa shape index (κ3) is 6.69. The number of hydrogen-bond acceptors (Lipinski definition) is 10. The molecule has 0 aliphatic rings. The maximum Gasteiger partial charge on any atom is 0.323 e. The molecule has 0 saturated carbocycles. The molecule has 2 rings (SSSR count). The van der Waals surface area contributed by atoms with Gasteiger partial charge < -0.3 is 25.7 Å². The van der Waals surface area contributed by atoms with Crippen LogP contribution >= 0.6 is 12.4 Å². The smallest absolute Gasteiger partial charge is 0.323 e. The van der Waals surface area contributed by atoms with Gasteiger partial charge in [-0.3, -0.25) is 23.9 Å². The summed E-state index contributed by atoms with van der Waals surface area (Å²) in [7, 11) is 0. The normalized spacial score (nSPS) is 13.0. The van der Waals surface area contributed by atoms with Crippen molar-refractivity contribution < 1.29 is 23.8 Å². The summed E-state index contributed by atoms with van der Waals surface area (Å²) in [6, 6.07) is -0.772. The first kappa shape index (κ1) is 24.3. The van der Waals surface area contributed by atoms with Crippen LogP contribution in [0.1, 0.15) is 20.8 Å². The molecule has 0 saturated heterocycles. The highest BCUT2D eigenvalue weighted by molar-refractivity contribution is 5.85. The summed E-state index contributed by atoms with van der Waals surface area (Å²) in [5.74, 6) is -1.24. The summed E-state index contributed by atoms with van der Waals surface area (Å²) in [5, 5.41) is 0. The first-order valence-electron chi connectivity index (χ1n) is 8.56. The zero-order chi connectivity index (χ0) is 20.8. The topological polar surface area (TPSA) is 177 Å². The molecule has 2 aromatic rings. The number of nitrogen functional groups attached to an aromatic ring is 1. The molecule has 5 N–H and O–H groups in total. The van der Waals surface area contributed by atoms with Gasteiger partial charge in [-0.1, -0.05) is 13.8 Å². The van der Waals surface area contributed by atoms with Gasteiger partial charge in [0.1, 0.15) is 32.1 Å². The van der Waals surface area contributed by atoms with Gasteiger partial charge in [0.2, 0.25) is 5.95 Å². The molecule has 0 bridgehead atoms. The predicted molar refractivity (Wildman–Crippen MR) is 105 cm³/mol. The minimum atomic E-state index is -0.772. The number of fused-ring (bicyclic) bond motifs is 1. The molecule has 0 aliphatic carbocycles. The Morgan fingerprint density at radius 2 is 1.93 bits per heavy atom. The SMILES string of the molecule is CC(=O)OCC(COC(=O)[C@@H](N)C(C)C)OCn1cnc2c(=O)[nH]c(N)nc21.Cl. The highest BCUT2D eigenvalue weighted by Crippen LogP contribution is 2.09. The Balaban J connectivity index is 0.00000420. The first-order chi connectivity index (χ1) is 13.2. The lowest BCUT2D eigenvalue weighted by Gasteiger charge is -2.20.